The van der Waals surface area contributed by atoms with Gasteiger partial charge in [0.05, 0.1) is 6.61 Å². The van der Waals surface area contributed by atoms with Gasteiger partial charge in [-0.25, -0.2) is 0 Å². The molecule has 12 heavy (non-hydrogen) atoms. The van der Waals surface area contributed by atoms with Crippen molar-refractivity contribution in [2.24, 2.45) is 11.3 Å². The van der Waals surface area contributed by atoms with Crippen LogP contribution in [0.1, 0.15) is 27.7 Å². The van der Waals surface area contributed by atoms with Gasteiger partial charge in [-0.3, -0.25) is 0 Å². The topological polar surface area (TPSA) is 43.7 Å². The Balaban J connectivity index is 2.98. The van der Waals surface area contributed by atoms with Gasteiger partial charge in [-0.2, -0.15) is 5.06 Å². The normalized spacial score (nSPS) is 42.0. The van der Waals surface area contributed by atoms with Crippen LogP contribution in [0.3, 0.4) is 0 Å². The maximum atomic E-state index is 9.62. The summed E-state index contributed by atoms with van der Waals surface area (Å²) in [4.78, 5) is 0. The highest BCUT2D eigenvalue weighted by Crippen LogP contribution is 2.47. The van der Waals surface area contributed by atoms with E-state index in [4.69, 9.17) is 0 Å². The van der Waals surface area contributed by atoms with Crippen LogP contribution in [-0.4, -0.2) is 34.1 Å². The summed E-state index contributed by atoms with van der Waals surface area (Å²) in [6.45, 7) is 8.78. The molecule has 1 heterocycles. The average Bonchev–Trinajstić information content (AvgIpc) is 2.14. The standard InChI is InChI=1S/C9H19NO2/c1-7-5-10(12)8(2,3)9(7,4)6-11/h7,11-12H,5-6H2,1-4H3. The first-order chi connectivity index (χ1) is 5.36. The zero-order valence-electron chi connectivity index (χ0n) is 8.33. The SMILES string of the molecule is CC1CN(O)C(C)(C)C1(C)CO. The van der Waals surface area contributed by atoms with Gasteiger partial charge >= 0.3 is 0 Å². The van der Waals surface area contributed by atoms with Crippen molar-refractivity contribution in [3.8, 4) is 0 Å². The zero-order chi connectivity index (χ0) is 9.57. The predicted octanol–water partition coefficient (Wildman–Crippen LogP) is 1.10. The molecule has 1 aliphatic heterocycles. The summed E-state index contributed by atoms with van der Waals surface area (Å²) in [5.74, 6) is 0.322. The Labute approximate surface area is 74.0 Å². The fourth-order valence-corrected chi connectivity index (χ4v) is 1.94. The summed E-state index contributed by atoms with van der Waals surface area (Å²) in [6, 6.07) is 0. The van der Waals surface area contributed by atoms with E-state index in [1.54, 1.807) is 0 Å². The molecule has 0 aromatic carbocycles. The highest BCUT2D eigenvalue weighted by Gasteiger charge is 2.54. The fraction of sp³-hybridized carbons (Fsp3) is 1.00. The van der Waals surface area contributed by atoms with Crippen molar-refractivity contribution in [1.82, 2.24) is 5.06 Å². The monoisotopic (exact) mass is 173 g/mol. The molecule has 2 atom stereocenters. The third-order valence-electron chi connectivity index (χ3n) is 3.91. The molecule has 72 valence electrons. The number of hydroxylamine groups is 2. The van der Waals surface area contributed by atoms with Crippen LogP contribution in [0.25, 0.3) is 0 Å². The van der Waals surface area contributed by atoms with E-state index in [-0.39, 0.29) is 17.6 Å². The summed E-state index contributed by atoms with van der Waals surface area (Å²) in [6.07, 6.45) is 0. The lowest BCUT2D eigenvalue weighted by atomic mass is 9.69. The minimum absolute atomic E-state index is 0.123. The van der Waals surface area contributed by atoms with Gasteiger partial charge in [0.2, 0.25) is 0 Å². The van der Waals surface area contributed by atoms with Crippen molar-refractivity contribution in [1.29, 1.82) is 0 Å². The number of aliphatic hydroxyl groups is 1. The minimum atomic E-state index is -0.332. The van der Waals surface area contributed by atoms with E-state index >= 15 is 0 Å². The Bertz CT molecular complexity index is 181. The van der Waals surface area contributed by atoms with Gasteiger partial charge in [0.25, 0.3) is 0 Å². The van der Waals surface area contributed by atoms with Crippen molar-refractivity contribution < 1.29 is 10.3 Å². The van der Waals surface area contributed by atoms with Crippen LogP contribution in [0, 0.1) is 11.3 Å². The molecule has 0 aliphatic carbocycles. The van der Waals surface area contributed by atoms with Gasteiger partial charge in [0.15, 0.2) is 0 Å². The van der Waals surface area contributed by atoms with E-state index in [1.807, 2.05) is 20.8 Å². The quantitative estimate of drug-likeness (QED) is 0.624. The van der Waals surface area contributed by atoms with E-state index in [9.17, 15) is 10.3 Å². The Morgan fingerprint density at radius 3 is 2.08 bits per heavy atom. The molecule has 1 fully saturated rings. The first-order valence-electron chi connectivity index (χ1n) is 4.43. The molecule has 1 rings (SSSR count). The summed E-state index contributed by atoms with van der Waals surface area (Å²) in [5, 5.41) is 20.3. The Hall–Kier alpha value is -0.120. The maximum Gasteiger partial charge on any atom is 0.0506 e. The van der Waals surface area contributed by atoms with Crippen LogP contribution in [0.4, 0.5) is 0 Å². The number of hydrogen-bond donors (Lipinski definition) is 2. The molecule has 3 nitrogen and oxygen atoms in total. The van der Waals surface area contributed by atoms with Crippen molar-refractivity contribution in [2.75, 3.05) is 13.2 Å². The molecular formula is C9H19NO2. The minimum Gasteiger partial charge on any atom is -0.396 e. The Morgan fingerprint density at radius 1 is 1.42 bits per heavy atom. The largest absolute Gasteiger partial charge is 0.396 e. The van der Waals surface area contributed by atoms with Gasteiger partial charge < -0.3 is 10.3 Å². The molecule has 0 aromatic heterocycles. The number of rotatable bonds is 1. The van der Waals surface area contributed by atoms with Gasteiger partial charge in [-0.15, -0.1) is 0 Å². The molecule has 0 amide bonds. The average molecular weight is 173 g/mol. The molecule has 1 saturated heterocycles. The molecule has 3 heteroatoms. The second kappa shape index (κ2) is 2.69. The molecule has 1 aliphatic rings. The lowest BCUT2D eigenvalue weighted by Gasteiger charge is -2.40. The van der Waals surface area contributed by atoms with Gasteiger partial charge in [0.1, 0.15) is 0 Å². The summed E-state index contributed by atoms with van der Waals surface area (Å²) >= 11 is 0. The molecule has 2 unspecified atom stereocenters. The lowest BCUT2D eigenvalue weighted by molar-refractivity contribution is -0.162. The molecule has 0 saturated carbocycles. The van der Waals surface area contributed by atoms with Gasteiger partial charge in [-0.05, 0) is 19.8 Å². The number of hydrogen-bond acceptors (Lipinski definition) is 3. The van der Waals surface area contributed by atoms with Crippen LogP contribution in [0.15, 0.2) is 0 Å². The third-order valence-corrected chi connectivity index (χ3v) is 3.91. The van der Waals surface area contributed by atoms with Crippen LogP contribution in [-0.2, 0) is 0 Å². The van der Waals surface area contributed by atoms with E-state index < -0.39 is 0 Å². The molecule has 0 bridgehead atoms. The van der Waals surface area contributed by atoms with Gasteiger partial charge in [0, 0.05) is 17.5 Å². The van der Waals surface area contributed by atoms with Crippen LogP contribution < -0.4 is 0 Å². The second-order valence-corrected chi connectivity index (χ2v) is 4.62. The predicted molar refractivity (Wildman–Crippen MR) is 46.9 cm³/mol. The summed E-state index contributed by atoms with van der Waals surface area (Å²) in [7, 11) is 0. The molecule has 0 radical (unpaired) electrons. The first-order valence-corrected chi connectivity index (χ1v) is 4.43. The Kier molecular flexibility index (Phi) is 2.23. The highest BCUT2D eigenvalue weighted by molar-refractivity contribution is 5.04. The number of aliphatic hydroxyl groups excluding tert-OH is 1. The molecule has 0 aromatic rings. The summed E-state index contributed by atoms with van der Waals surface area (Å²) in [5.41, 5.74) is -0.539. The highest BCUT2D eigenvalue weighted by atomic mass is 16.5. The van der Waals surface area contributed by atoms with Crippen molar-refractivity contribution in [3.63, 3.8) is 0 Å². The first kappa shape index (κ1) is 9.96. The van der Waals surface area contributed by atoms with Crippen LogP contribution in [0.2, 0.25) is 0 Å². The van der Waals surface area contributed by atoms with E-state index in [2.05, 4.69) is 6.92 Å². The van der Waals surface area contributed by atoms with Gasteiger partial charge in [-0.1, -0.05) is 13.8 Å². The maximum absolute atomic E-state index is 9.62. The fourth-order valence-electron chi connectivity index (χ4n) is 1.94. The Morgan fingerprint density at radius 2 is 1.92 bits per heavy atom. The van der Waals surface area contributed by atoms with E-state index in [0.29, 0.717) is 12.5 Å². The molecule has 0 spiro atoms. The second-order valence-electron chi connectivity index (χ2n) is 4.62. The van der Waals surface area contributed by atoms with Crippen molar-refractivity contribution in [3.05, 3.63) is 0 Å². The zero-order valence-corrected chi connectivity index (χ0v) is 8.33. The lowest BCUT2D eigenvalue weighted by Crippen LogP contribution is -2.49. The van der Waals surface area contributed by atoms with Crippen molar-refractivity contribution in [2.45, 2.75) is 33.2 Å². The van der Waals surface area contributed by atoms with Crippen molar-refractivity contribution >= 4 is 0 Å². The smallest absolute Gasteiger partial charge is 0.0506 e. The molecular weight excluding hydrogens is 154 g/mol. The van der Waals surface area contributed by atoms with Crippen LogP contribution >= 0.6 is 0 Å². The summed E-state index contributed by atoms with van der Waals surface area (Å²) < 4.78 is 0. The molecule has 2 N–H and O–H groups in total. The third kappa shape index (κ3) is 1.00. The van der Waals surface area contributed by atoms with E-state index in [0.717, 1.165) is 0 Å². The van der Waals surface area contributed by atoms with Crippen LogP contribution in [0.5, 0.6) is 0 Å². The number of nitrogens with zero attached hydrogens (tertiary/aromatic N) is 1. The van der Waals surface area contributed by atoms with E-state index in [1.165, 1.54) is 5.06 Å².